The lowest BCUT2D eigenvalue weighted by molar-refractivity contribution is -0.117. The number of amides is 2. The number of aromatic nitrogens is 2. The first-order valence-corrected chi connectivity index (χ1v) is 10.5. The Morgan fingerprint density at radius 1 is 1.07 bits per heavy atom. The molecule has 0 saturated carbocycles. The summed E-state index contributed by atoms with van der Waals surface area (Å²) in [6.45, 7) is 8.74. The Hall–Kier alpha value is -2.80. The maximum atomic E-state index is 12.8. The van der Waals surface area contributed by atoms with Gasteiger partial charge in [0.05, 0.1) is 0 Å². The standard InChI is InChI=1S/C23H31N5O2/c1-23(2,3)15-19(29)27-21-20(24-11-12-25-21)22(30)26-18-9-13-28(14-10-18)16-17-7-5-4-6-8-17/h4-8,11-12,18H,9-10,13-16H2,1-3H3,(H,26,30)(H,25,27,29). The van der Waals surface area contributed by atoms with E-state index >= 15 is 0 Å². The van der Waals surface area contributed by atoms with Gasteiger partial charge in [-0.2, -0.15) is 0 Å². The molecule has 30 heavy (non-hydrogen) atoms. The van der Waals surface area contributed by atoms with Crippen molar-refractivity contribution in [1.29, 1.82) is 0 Å². The normalized spacial score (nSPS) is 15.6. The van der Waals surface area contributed by atoms with Crippen molar-refractivity contribution in [3.8, 4) is 0 Å². The van der Waals surface area contributed by atoms with Gasteiger partial charge in [-0.25, -0.2) is 9.97 Å². The minimum atomic E-state index is -0.296. The summed E-state index contributed by atoms with van der Waals surface area (Å²) in [6, 6.07) is 10.5. The summed E-state index contributed by atoms with van der Waals surface area (Å²) in [5.41, 5.74) is 1.31. The zero-order valence-electron chi connectivity index (χ0n) is 18.0. The second-order valence-corrected chi connectivity index (χ2v) is 9.05. The van der Waals surface area contributed by atoms with Crippen LogP contribution in [0.15, 0.2) is 42.7 Å². The van der Waals surface area contributed by atoms with Gasteiger partial charge in [0.1, 0.15) is 0 Å². The van der Waals surface area contributed by atoms with E-state index in [0.29, 0.717) is 6.42 Å². The molecule has 1 aromatic carbocycles. The molecule has 0 radical (unpaired) electrons. The lowest BCUT2D eigenvalue weighted by Gasteiger charge is -2.32. The number of hydrogen-bond acceptors (Lipinski definition) is 5. The summed E-state index contributed by atoms with van der Waals surface area (Å²) in [4.78, 5) is 35.8. The van der Waals surface area contributed by atoms with Crippen LogP contribution in [0.25, 0.3) is 0 Å². The van der Waals surface area contributed by atoms with E-state index in [2.05, 4.69) is 49.8 Å². The van der Waals surface area contributed by atoms with Crippen molar-refractivity contribution in [2.75, 3.05) is 18.4 Å². The van der Waals surface area contributed by atoms with Gasteiger partial charge >= 0.3 is 0 Å². The molecule has 2 N–H and O–H groups in total. The van der Waals surface area contributed by atoms with Crippen LogP contribution >= 0.6 is 0 Å². The van der Waals surface area contributed by atoms with Crippen LogP contribution in [0.1, 0.15) is 56.1 Å². The van der Waals surface area contributed by atoms with Crippen LogP contribution in [0.3, 0.4) is 0 Å². The molecule has 1 saturated heterocycles. The number of benzene rings is 1. The van der Waals surface area contributed by atoms with Gasteiger partial charge in [-0.05, 0) is 23.8 Å². The van der Waals surface area contributed by atoms with Crippen molar-refractivity contribution in [2.24, 2.45) is 5.41 Å². The highest BCUT2D eigenvalue weighted by Crippen LogP contribution is 2.20. The first kappa shape index (κ1) is 21.9. The molecule has 1 aromatic heterocycles. The SMILES string of the molecule is CC(C)(C)CC(=O)Nc1nccnc1C(=O)NC1CCN(Cc2ccccc2)CC1. The Balaban J connectivity index is 1.53. The molecule has 2 heterocycles. The smallest absolute Gasteiger partial charge is 0.273 e. The van der Waals surface area contributed by atoms with E-state index in [1.165, 1.54) is 18.0 Å². The maximum Gasteiger partial charge on any atom is 0.273 e. The van der Waals surface area contributed by atoms with Gasteiger partial charge in [-0.1, -0.05) is 51.1 Å². The molecular weight excluding hydrogens is 378 g/mol. The van der Waals surface area contributed by atoms with Crippen molar-refractivity contribution >= 4 is 17.6 Å². The predicted octanol–water partition coefficient (Wildman–Crippen LogP) is 3.25. The molecule has 7 nitrogen and oxygen atoms in total. The quantitative estimate of drug-likeness (QED) is 0.765. The Kier molecular flexibility index (Phi) is 7.15. The summed E-state index contributed by atoms with van der Waals surface area (Å²) >= 11 is 0. The average Bonchev–Trinajstić information content (AvgIpc) is 2.69. The van der Waals surface area contributed by atoms with Crippen LogP contribution in [0.5, 0.6) is 0 Å². The molecule has 1 aliphatic rings. The highest BCUT2D eigenvalue weighted by atomic mass is 16.2. The van der Waals surface area contributed by atoms with E-state index in [1.807, 2.05) is 26.8 Å². The van der Waals surface area contributed by atoms with E-state index in [9.17, 15) is 9.59 Å². The largest absolute Gasteiger partial charge is 0.348 e. The molecule has 0 atom stereocenters. The highest BCUT2D eigenvalue weighted by Gasteiger charge is 2.24. The summed E-state index contributed by atoms with van der Waals surface area (Å²) in [5, 5.41) is 5.80. The second kappa shape index (κ2) is 9.80. The van der Waals surface area contributed by atoms with E-state index in [1.54, 1.807) is 0 Å². The molecule has 7 heteroatoms. The average molecular weight is 410 g/mol. The summed E-state index contributed by atoms with van der Waals surface area (Å²) in [6.07, 6.45) is 5.04. The lowest BCUT2D eigenvalue weighted by atomic mass is 9.92. The molecule has 2 aromatic rings. The van der Waals surface area contributed by atoms with Crippen molar-refractivity contribution in [1.82, 2.24) is 20.2 Å². The third kappa shape index (κ3) is 6.62. The molecule has 0 spiro atoms. The molecular formula is C23H31N5O2. The second-order valence-electron chi connectivity index (χ2n) is 9.05. The third-order valence-corrected chi connectivity index (χ3v) is 5.03. The molecule has 0 aliphatic carbocycles. The van der Waals surface area contributed by atoms with Crippen LogP contribution < -0.4 is 10.6 Å². The fourth-order valence-corrected chi connectivity index (χ4v) is 3.58. The number of nitrogens with zero attached hydrogens (tertiary/aromatic N) is 3. The molecule has 1 aliphatic heterocycles. The predicted molar refractivity (Wildman–Crippen MR) is 117 cm³/mol. The third-order valence-electron chi connectivity index (χ3n) is 5.03. The Bertz CT molecular complexity index is 855. The Morgan fingerprint density at radius 3 is 2.40 bits per heavy atom. The fourth-order valence-electron chi connectivity index (χ4n) is 3.58. The van der Waals surface area contributed by atoms with Crippen molar-refractivity contribution in [3.63, 3.8) is 0 Å². The first-order valence-electron chi connectivity index (χ1n) is 10.5. The van der Waals surface area contributed by atoms with Gasteiger partial charge in [0, 0.05) is 44.5 Å². The van der Waals surface area contributed by atoms with E-state index in [-0.39, 0.29) is 34.8 Å². The summed E-state index contributed by atoms with van der Waals surface area (Å²) < 4.78 is 0. The van der Waals surface area contributed by atoms with Gasteiger partial charge in [0.2, 0.25) is 5.91 Å². The fraction of sp³-hybridized carbons (Fsp3) is 0.478. The molecule has 3 rings (SSSR count). The Morgan fingerprint density at radius 2 is 1.73 bits per heavy atom. The molecule has 0 unspecified atom stereocenters. The number of hydrogen-bond donors (Lipinski definition) is 2. The van der Waals surface area contributed by atoms with E-state index in [0.717, 1.165) is 32.5 Å². The zero-order chi connectivity index (χ0) is 21.6. The van der Waals surface area contributed by atoms with Crippen LogP contribution in [0.4, 0.5) is 5.82 Å². The summed E-state index contributed by atoms with van der Waals surface area (Å²) in [5.74, 6) is -0.257. The van der Waals surface area contributed by atoms with E-state index < -0.39 is 0 Å². The number of likely N-dealkylation sites (tertiary alicyclic amines) is 1. The zero-order valence-corrected chi connectivity index (χ0v) is 18.0. The number of rotatable bonds is 6. The minimum absolute atomic E-state index is 0.0876. The van der Waals surface area contributed by atoms with Crippen LogP contribution in [0, 0.1) is 5.41 Å². The van der Waals surface area contributed by atoms with Crippen LogP contribution in [0.2, 0.25) is 0 Å². The van der Waals surface area contributed by atoms with Gasteiger partial charge in [-0.15, -0.1) is 0 Å². The van der Waals surface area contributed by atoms with Gasteiger partial charge in [0.15, 0.2) is 11.5 Å². The van der Waals surface area contributed by atoms with Gasteiger partial charge in [-0.3, -0.25) is 14.5 Å². The van der Waals surface area contributed by atoms with Gasteiger partial charge < -0.3 is 10.6 Å². The number of carbonyl (C=O) groups is 2. The van der Waals surface area contributed by atoms with Crippen LogP contribution in [-0.2, 0) is 11.3 Å². The van der Waals surface area contributed by atoms with E-state index in [4.69, 9.17) is 0 Å². The Labute approximate surface area is 178 Å². The van der Waals surface area contributed by atoms with Crippen molar-refractivity contribution in [2.45, 2.75) is 52.6 Å². The summed E-state index contributed by atoms with van der Waals surface area (Å²) in [7, 11) is 0. The topological polar surface area (TPSA) is 87.2 Å². The number of carbonyl (C=O) groups excluding carboxylic acids is 2. The minimum Gasteiger partial charge on any atom is -0.348 e. The highest BCUT2D eigenvalue weighted by molar-refractivity contribution is 6.01. The number of anilines is 1. The first-order chi connectivity index (χ1) is 14.3. The van der Waals surface area contributed by atoms with Crippen molar-refractivity contribution < 1.29 is 9.59 Å². The maximum absolute atomic E-state index is 12.8. The van der Waals surface area contributed by atoms with Gasteiger partial charge in [0.25, 0.3) is 5.91 Å². The monoisotopic (exact) mass is 409 g/mol. The number of piperidine rings is 1. The number of nitrogens with one attached hydrogen (secondary N) is 2. The molecule has 0 bridgehead atoms. The molecule has 2 amide bonds. The molecule has 160 valence electrons. The van der Waals surface area contributed by atoms with Crippen molar-refractivity contribution in [3.05, 3.63) is 54.0 Å². The molecule has 1 fully saturated rings. The lowest BCUT2D eigenvalue weighted by Crippen LogP contribution is -2.44. The van der Waals surface area contributed by atoms with Crippen LogP contribution in [-0.4, -0.2) is 45.8 Å².